The molecule has 9 aliphatic heterocycles. The molecule has 18 rings (SSSR count). The lowest BCUT2D eigenvalue weighted by atomic mass is 9.89. The number of hydrogen-bond donors (Lipinski definition) is 3. The number of anilines is 3. The lowest BCUT2D eigenvalue weighted by Gasteiger charge is -2.34. The van der Waals surface area contributed by atoms with Gasteiger partial charge in [0, 0.05) is 204 Å². The molecule has 0 unspecified atom stereocenters. The number of benzene rings is 9. The molecule has 0 atom stereocenters. The van der Waals surface area contributed by atoms with E-state index in [1.165, 1.54) is 41.3 Å². The highest BCUT2D eigenvalue weighted by Crippen LogP contribution is 2.34. The first-order valence-corrected chi connectivity index (χ1v) is 40.9. The predicted octanol–water partition coefficient (Wildman–Crippen LogP) is 14.9. The van der Waals surface area contributed by atoms with Crippen LogP contribution < -0.4 is 30.7 Å². The normalized spacial score (nSPS) is 23.7. The number of carbonyl (C=O) groups is 3. The molecule has 3 N–H and O–H groups in total. The number of nitrogens with one attached hydrogen (secondary N) is 3. The summed E-state index contributed by atoms with van der Waals surface area (Å²) < 4.78 is 313. The molecule has 6 fully saturated rings. The van der Waals surface area contributed by atoms with Crippen molar-refractivity contribution >= 4 is 52.3 Å². The maximum Gasteiger partial charge on any atom is 0.257 e. The van der Waals surface area contributed by atoms with Crippen LogP contribution in [0.1, 0.15) is 187 Å². The van der Waals surface area contributed by atoms with Crippen molar-refractivity contribution in [3.05, 3.63) is 299 Å². The average molecular weight is 1700 g/mol. The highest BCUT2D eigenvalue weighted by atomic mass is 19.2. The first-order chi connectivity index (χ1) is 69.3. The summed E-state index contributed by atoms with van der Waals surface area (Å²) in [6.07, 6.45) is -3.60. The SMILES string of the molecule is [2H]C1([2H])CC(Cc2cc(N3CCN(C)CC3)ccc2C(=O)NC2=NCc3ccc(C([2H])([2H])c4cc(F)cc(F)c4)cc32)CC([2H])([2H])O1.[2H]c1cc(C(=O)NC2=NCc3ccc(C([2H])([2H])c4cc(F)cc(F)c4)cc32)c(CC2CCOCC2)c([2H])c1N1C([2H])([2H])C([2H])([2H])N(C)C([2H])([2H])C1([2H])[2H].[2H]c1cc(C(=O)NC2=NCc3ccc(C([2H])([2H])c4cc(F)cc(F)c4)cc32)c(CC2CCOCC2)c([2H])c1N1CCN(C([2H])([2H])[2H])CC1. The van der Waals surface area contributed by atoms with Crippen molar-refractivity contribution in [1.29, 1.82) is 0 Å². The Morgan fingerprint density at radius 1 is 0.398 bits per heavy atom. The van der Waals surface area contributed by atoms with Gasteiger partial charge in [0.2, 0.25) is 0 Å². The van der Waals surface area contributed by atoms with Crippen molar-refractivity contribution in [1.82, 2.24) is 30.7 Å². The number of ether oxygens (including phenoxy) is 3. The van der Waals surface area contributed by atoms with Crippen LogP contribution in [0.25, 0.3) is 0 Å². The Morgan fingerprint density at radius 3 is 1.17 bits per heavy atom. The van der Waals surface area contributed by atoms with Gasteiger partial charge >= 0.3 is 0 Å². The van der Waals surface area contributed by atoms with Crippen LogP contribution in [-0.2, 0) is 72.2 Å². The molecule has 9 aromatic rings. The fraction of sp³-hybridized carbons (Fsp3) is 0.394. The number of amidine groups is 3. The smallest absolute Gasteiger partial charge is 0.257 e. The van der Waals surface area contributed by atoms with E-state index in [0.29, 0.717) is 127 Å². The second-order valence-corrected chi connectivity index (χ2v) is 31.5. The number of hydrogen-bond acceptors (Lipinski definition) is 15. The number of likely N-dealkylation sites (N-methyl/N-ethyl adjacent to an activating group) is 3. The molecule has 0 bridgehead atoms. The van der Waals surface area contributed by atoms with Crippen LogP contribution in [-0.4, -0.2) is 189 Å². The molecule has 0 spiro atoms. The van der Waals surface area contributed by atoms with E-state index in [-0.39, 0.29) is 155 Å². The van der Waals surface area contributed by atoms with Gasteiger partial charge in [-0.2, -0.15) is 0 Å². The summed E-state index contributed by atoms with van der Waals surface area (Å²) in [7, 11) is 2.97. The second kappa shape index (κ2) is 39.8. The van der Waals surface area contributed by atoms with E-state index in [9.17, 15) is 43.5 Å². The quantitative estimate of drug-likeness (QED) is 0.0696. The van der Waals surface area contributed by atoms with Crippen LogP contribution >= 0.6 is 0 Å². The Balaban J connectivity index is 0.000000159. The predicted molar refractivity (Wildman–Crippen MR) is 470 cm³/mol. The van der Waals surface area contributed by atoms with Crippen molar-refractivity contribution in [2.45, 2.75) is 96.5 Å². The Kier molecular flexibility index (Phi) is 19.3. The zero-order valence-corrected chi connectivity index (χ0v) is 67.7. The molecule has 3 amide bonds. The number of halogens is 6. The Hall–Kier alpha value is -10.9. The molecule has 9 aromatic carbocycles. The van der Waals surface area contributed by atoms with Crippen molar-refractivity contribution < 1.29 is 89.2 Å². The monoisotopic (exact) mass is 1700 g/mol. The third-order valence-corrected chi connectivity index (χ3v) is 22.6. The first kappa shape index (κ1) is 59.8. The van der Waals surface area contributed by atoms with E-state index in [1.54, 1.807) is 30.3 Å². The molecule has 0 saturated carbocycles. The number of nitrogens with zero attached hydrogens (tertiary/aromatic N) is 9. The fourth-order valence-corrected chi connectivity index (χ4v) is 15.9. The Morgan fingerprint density at radius 2 is 0.764 bits per heavy atom. The van der Waals surface area contributed by atoms with Crippen LogP contribution in [0.15, 0.2) is 179 Å². The van der Waals surface area contributed by atoms with Gasteiger partial charge in [-0.25, -0.2) is 26.3 Å². The van der Waals surface area contributed by atoms with Crippen LogP contribution in [0.3, 0.4) is 0 Å². The lowest BCUT2D eigenvalue weighted by molar-refractivity contribution is 0.0663. The zero-order chi connectivity index (χ0) is 107. The van der Waals surface area contributed by atoms with E-state index in [1.807, 2.05) is 17.0 Å². The summed E-state index contributed by atoms with van der Waals surface area (Å²) in [6.45, 7) is -12.4. The summed E-state index contributed by atoms with van der Waals surface area (Å²) in [4.78, 5) is 63.5. The standard InChI is InChI=1S/3C33H36F2N4O2/c3*1-38-8-10-39(11-9-38)29-4-5-30(26(19-29)15-22-6-12-41-13-7-22)33(40)37-32-31-18-23(2-3-25(31)21-36-32)14-24-16-27(34)20-28(35)17-24/h3*2-5,16-20,22H,6-15,21H2,1H3,(H,36,37,40)/i4D,8D2,9D2,10D2,11D2,14D2,19D;1D3,4D,14D2,19D;12D2,13D2,14D2. The van der Waals surface area contributed by atoms with Gasteiger partial charge in [0.25, 0.3) is 17.7 Å². The van der Waals surface area contributed by atoms with Crippen LogP contribution in [0, 0.1) is 52.7 Å². The van der Waals surface area contributed by atoms with Gasteiger partial charge < -0.3 is 59.6 Å². The number of amides is 3. The van der Waals surface area contributed by atoms with Crippen LogP contribution in [0.2, 0.25) is 0 Å². The van der Waals surface area contributed by atoms with Crippen molar-refractivity contribution in [2.24, 2.45) is 32.7 Å². The van der Waals surface area contributed by atoms with E-state index in [4.69, 9.17) is 45.7 Å². The van der Waals surface area contributed by atoms with Gasteiger partial charge in [0.1, 0.15) is 52.4 Å². The Bertz CT molecular complexity index is 6630. The van der Waals surface area contributed by atoms with E-state index in [2.05, 4.69) is 47.8 Å². The van der Waals surface area contributed by atoms with E-state index >= 15 is 0 Å². The summed E-state index contributed by atoms with van der Waals surface area (Å²) in [6, 6.07) is 28.1. The molecule has 0 aromatic heterocycles. The molecule has 18 nitrogen and oxygen atoms in total. The second-order valence-electron chi connectivity index (χ2n) is 31.5. The van der Waals surface area contributed by atoms with Gasteiger partial charge in [0.15, 0.2) is 0 Å². The summed E-state index contributed by atoms with van der Waals surface area (Å²) >= 11 is 0. The van der Waals surface area contributed by atoms with Crippen molar-refractivity contribution in [3.63, 3.8) is 0 Å². The van der Waals surface area contributed by atoms with Gasteiger partial charge in [0.05, 0.1) is 36.1 Å². The van der Waals surface area contributed by atoms with E-state index < -0.39 is 142 Å². The number of aliphatic imine (C=N–C) groups is 3. The van der Waals surface area contributed by atoms with Gasteiger partial charge in [-0.1, -0.05) is 36.4 Å². The third-order valence-electron chi connectivity index (χ3n) is 22.6. The lowest BCUT2D eigenvalue weighted by Crippen LogP contribution is -2.44. The molecule has 9 aliphatic rings. The summed E-state index contributed by atoms with van der Waals surface area (Å²) in [5.74, 6) is -7.32. The fourth-order valence-electron chi connectivity index (χ4n) is 15.9. The number of rotatable bonds is 18. The van der Waals surface area contributed by atoms with Gasteiger partial charge in [-0.3, -0.25) is 29.4 Å². The molecule has 0 aliphatic carbocycles. The highest BCUT2D eigenvalue weighted by Gasteiger charge is 2.31. The van der Waals surface area contributed by atoms with Gasteiger partial charge in [-0.05, 0) is 292 Å². The first-order valence-electron chi connectivity index (χ1n) is 53.4. The number of fused-ring (bicyclic) bond motifs is 3. The molecular weight excluding hydrogens is 1570 g/mol. The van der Waals surface area contributed by atoms with E-state index in [0.717, 1.165) is 105 Å². The minimum atomic E-state index is -3.32. The minimum absolute atomic E-state index is 0.0101. The molecule has 24 heteroatoms. The molecule has 9 heterocycles. The third kappa shape index (κ3) is 22.2. The Labute approximate surface area is 751 Å². The number of carbonyl (C=O) groups excluding carboxylic acids is 3. The topological polar surface area (TPSA) is 172 Å². The molecule has 123 heavy (non-hydrogen) atoms. The minimum Gasteiger partial charge on any atom is -0.381 e. The van der Waals surface area contributed by atoms with Crippen LogP contribution in [0.4, 0.5) is 43.4 Å². The summed E-state index contributed by atoms with van der Waals surface area (Å²) in [5, 5.41) is 8.39. The maximum atomic E-state index is 14.1. The molecule has 0 radical (unpaired) electrons. The van der Waals surface area contributed by atoms with Gasteiger partial charge in [-0.15, -0.1) is 0 Å². The highest BCUT2D eigenvalue weighted by molar-refractivity contribution is 6.16. The zero-order valence-electron chi connectivity index (χ0n) is 92.7. The molecule has 642 valence electrons. The molecule has 6 saturated heterocycles. The van der Waals surface area contributed by atoms with Crippen molar-refractivity contribution in [2.75, 3.05) is 154 Å². The molecular formula is C99H108F6N12O6. The summed E-state index contributed by atoms with van der Waals surface area (Å²) in [5.41, 5.74) is 5.01. The average Bonchev–Trinajstić information content (AvgIpc) is 1.66. The van der Waals surface area contributed by atoms with Crippen molar-refractivity contribution in [3.8, 4) is 0 Å². The van der Waals surface area contributed by atoms with Crippen LogP contribution in [0.5, 0.6) is 0 Å². The number of piperazine rings is 3. The maximum absolute atomic E-state index is 14.1. The largest absolute Gasteiger partial charge is 0.381 e.